The number of nitrogens with one attached hydrogen (secondary N) is 1. The smallest absolute Gasteiger partial charge is 0.269 e. The quantitative estimate of drug-likeness (QED) is 0.344. The lowest BCUT2D eigenvalue weighted by molar-refractivity contribution is -0.384. The van der Waals surface area contributed by atoms with E-state index in [-0.39, 0.29) is 24.8 Å². The number of nitro groups is 1. The average Bonchev–Trinajstić information content (AvgIpc) is 3.23. The molecule has 0 saturated heterocycles. The van der Waals surface area contributed by atoms with Crippen LogP contribution in [0.2, 0.25) is 5.02 Å². The second-order valence-electron chi connectivity index (χ2n) is 6.50. The minimum Gasteiger partial charge on any atom is -0.301 e. The summed E-state index contributed by atoms with van der Waals surface area (Å²) in [6, 6.07) is 9.76. The average molecular weight is 531 g/mol. The zero-order valence-electron chi connectivity index (χ0n) is 16.7. The molecule has 0 bridgehead atoms. The number of carbonyl (C=O) groups is 1. The van der Waals surface area contributed by atoms with E-state index in [1.54, 1.807) is 0 Å². The Morgan fingerprint density at radius 2 is 1.67 bits per heavy atom. The van der Waals surface area contributed by atoms with Gasteiger partial charge in [-0.25, -0.2) is 21.8 Å². The zero-order chi connectivity index (χ0) is 24.4. The molecule has 3 rings (SSSR count). The predicted molar refractivity (Wildman–Crippen MR) is 121 cm³/mol. The van der Waals surface area contributed by atoms with Gasteiger partial charge < -0.3 is 5.32 Å². The van der Waals surface area contributed by atoms with Crippen LogP contribution in [0.4, 0.5) is 10.8 Å². The minimum atomic E-state index is -4.02. The highest BCUT2D eigenvalue weighted by Gasteiger charge is 2.25. The maximum Gasteiger partial charge on any atom is 0.269 e. The van der Waals surface area contributed by atoms with E-state index < -0.39 is 37.2 Å². The Labute approximate surface area is 197 Å². The number of carbonyl (C=O) groups excluding carboxylic acids is 1. The van der Waals surface area contributed by atoms with Gasteiger partial charge in [0.25, 0.3) is 5.69 Å². The molecule has 0 radical (unpaired) electrons. The molecule has 15 heteroatoms. The summed E-state index contributed by atoms with van der Waals surface area (Å²) < 4.78 is 51.1. The van der Waals surface area contributed by atoms with Gasteiger partial charge >= 0.3 is 0 Å². The fourth-order valence-electron chi connectivity index (χ4n) is 2.54. The second kappa shape index (κ2) is 9.52. The summed E-state index contributed by atoms with van der Waals surface area (Å²) in [6.07, 6.45) is 1.03. The Balaban J connectivity index is 1.70. The number of nitro benzene ring substituents is 1. The molecule has 0 aliphatic heterocycles. The predicted octanol–water partition coefficient (Wildman–Crippen LogP) is 2.80. The number of sulfonamides is 1. The van der Waals surface area contributed by atoms with Gasteiger partial charge in [-0.1, -0.05) is 22.9 Å². The van der Waals surface area contributed by atoms with Crippen LogP contribution in [-0.4, -0.2) is 50.5 Å². The van der Waals surface area contributed by atoms with Crippen LogP contribution in [0.1, 0.15) is 0 Å². The Morgan fingerprint density at radius 1 is 1.09 bits per heavy atom. The van der Waals surface area contributed by atoms with Gasteiger partial charge in [-0.2, -0.15) is 4.31 Å². The van der Waals surface area contributed by atoms with Crippen molar-refractivity contribution < 1.29 is 26.6 Å². The highest BCUT2D eigenvalue weighted by molar-refractivity contribution is 7.93. The SMILES string of the molecule is CN(CC(=O)Nc1ncc(S(=O)(=O)c2ccc([N+](=O)[O-])cc2)s1)S(=O)(=O)c1ccc(Cl)cc1. The maximum absolute atomic E-state index is 12.7. The van der Waals surface area contributed by atoms with Crippen molar-refractivity contribution in [2.24, 2.45) is 0 Å². The number of hydrogen-bond donors (Lipinski definition) is 1. The third-order valence-electron chi connectivity index (χ3n) is 4.24. The number of rotatable bonds is 8. The number of non-ortho nitro benzene ring substituents is 1. The Bertz CT molecular complexity index is 1400. The zero-order valence-corrected chi connectivity index (χ0v) is 19.9. The van der Waals surface area contributed by atoms with Gasteiger partial charge in [0.15, 0.2) is 5.13 Å². The molecule has 1 aromatic heterocycles. The first-order valence-electron chi connectivity index (χ1n) is 8.88. The van der Waals surface area contributed by atoms with E-state index in [1.807, 2.05) is 0 Å². The Morgan fingerprint density at radius 3 is 2.24 bits per heavy atom. The molecule has 0 fully saturated rings. The number of aromatic nitrogens is 1. The van der Waals surface area contributed by atoms with Crippen molar-refractivity contribution in [1.82, 2.24) is 9.29 Å². The molecule has 0 spiro atoms. The van der Waals surface area contributed by atoms with Crippen molar-refractivity contribution in [3.63, 3.8) is 0 Å². The first-order chi connectivity index (χ1) is 15.4. The normalized spacial score (nSPS) is 12.0. The lowest BCUT2D eigenvalue weighted by Crippen LogP contribution is -2.34. The van der Waals surface area contributed by atoms with Crippen molar-refractivity contribution in [3.05, 3.63) is 69.9 Å². The van der Waals surface area contributed by atoms with E-state index in [0.717, 1.165) is 34.8 Å². The third-order valence-corrected chi connectivity index (χ3v) is 9.45. The monoisotopic (exact) mass is 530 g/mol. The van der Waals surface area contributed by atoms with E-state index >= 15 is 0 Å². The fourth-order valence-corrected chi connectivity index (χ4v) is 6.24. The van der Waals surface area contributed by atoms with E-state index in [4.69, 9.17) is 11.6 Å². The molecule has 0 aliphatic rings. The molecule has 1 heterocycles. The fraction of sp³-hybridized carbons (Fsp3) is 0.111. The van der Waals surface area contributed by atoms with Gasteiger partial charge in [-0.15, -0.1) is 0 Å². The van der Waals surface area contributed by atoms with Crippen molar-refractivity contribution >= 4 is 59.5 Å². The summed E-state index contributed by atoms with van der Waals surface area (Å²) in [5.74, 6) is -0.733. The van der Waals surface area contributed by atoms with E-state index in [2.05, 4.69) is 10.3 Å². The molecule has 33 heavy (non-hydrogen) atoms. The molecular weight excluding hydrogens is 516 g/mol. The highest BCUT2D eigenvalue weighted by atomic mass is 35.5. The second-order valence-corrected chi connectivity index (χ2v) is 12.2. The summed E-state index contributed by atoms with van der Waals surface area (Å²) in [5.41, 5.74) is -0.260. The van der Waals surface area contributed by atoms with Gasteiger partial charge in [0.2, 0.25) is 25.8 Å². The van der Waals surface area contributed by atoms with Crippen molar-refractivity contribution in [3.8, 4) is 0 Å². The van der Waals surface area contributed by atoms with Crippen LogP contribution in [-0.2, 0) is 24.7 Å². The standard InChI is InChI=1S/C18H15ClN4O7S3/c1-22(33(29,30)15-6-2-12(19)3-7-15)11-16(24)21-18-20-10-17(31-18)32(27,28)14-8-4-13(5-9-14)23(25)26/h2-10H,11H2,1H3,(H,20,21,24). The number of nitrogens with zero attached hydrogens (tertiary/aromatic N) is 3. The molecule has 11 nitrogen and oxygen atoms in total. The van der Waals surface area contributed by atoms with E-state index in [9.17, 15) is 31.7 Å². The lowest BCUT2D eigenvalue weighted by atomic mass is 10.3. The third kappa shape index (κ3) is 5.54. The van der Waals surface area contributed by atoms with Crippen molar-refractivity contribution in [1.29, 1.82) is 0 Å². The number of amides is 1. The number of likely N-dealkylation sites (N-methyl/N-ethyl adjacent to an activating group) is 1. The summed E-state index contributed by atoms with van der Waals surface area (Å²) in [5, 5.41) is 13.4. The summed E-state index contributed by atoms with van der Waals surface area (Å²) in [6.45, 7) is -0.547. The molecule has 0 aliphatic carbocycles. The van der Waals surface area contributed by atoms with Gasteiger partial charge in [0.1, 0.15) is 4.21 Å². The number of anilines is 1. The largest absolute Gasteiger partial charge is 0.301 e. The molecule has 1 amide bonds. The van der Waals surface area contributed by atoms with Crippen LogP contribution >= 0.6 is 22.9 Å². The highest BCUT2D eigenvalue weighted by Crippen LogP contribution is 2.29. The molecule has 0 saturated carbocycles. The van der Waals surface area contributed by atoms with Gasteiger partial charge in [0, 0.05) is 24.2 Å². The lowest BCUT2D eigenvalue weighted by Gasteiger charge is -2.16. The molecule has 0 unspecified atom stereocenters. The maximum atomic E-state index is 12.7. The summed E-state index contributed by atoms with van der Waals surface area (Å²) >= 11 is 6.42. The summed E-state index contributed by atoms with van der Waals surface area (Å²) in [7, 11) is -6.75. The van der Waals surface area contributed by atoms with Crippen LogP contribution in [0.15, 0.2) is 68.7 Å². The molecule has 3 aromatic rings. The van der Waals surface area contributed by atoms with Gasteiger partial charge in [0.05, 0.1) is 27.5 Å². The van der Waals surface area contributed by atoms with Gasteiger partial charge in [-0.3, -0.25) is 14.9 Å². The van der Waals surface area contributed by atoms with Crippen LogP contribution in [0.5, 0.6) is 0 Å². The molecular formula is C18H15ClN4O7S3. The van der Waals surface area contributed by atoms with E-state index in [1.165, 1.54) is 31.3 Å². The van der Waals surface area contributed by atoms with Gasteiger partial charge in [-0.05, 0) is 36.4 Å². The first kappa shape index (κ1) is 24.7. The van der Waals surface area contributed by atoms with Crippen molar-refractivity contribution in [2.75, 3.05) is 18.9 Å². The number of halogens is 1. The van der Waals surface area contributed by atoms with Crippen LogP contribution in [0.25, 0.3) is 0 Å². The number of thiazole rings is 1. The molecule has 1 N–H and O–H groups in total. The van der Waals surface area contributed by atoms with Crippen molar-refractivity contribution in [2.45, 2.75) is 14.0 Å². The summed E-state index contributed by atoms with van der Waals surface area (Å²) in [4.78, 5) is 26.0. The van der Waals surface area contributed by atoms with E-state index in [0.29, 0.717) is 16.4 Å². The van der Waals surface area contributed by atoms with Crippen LogP contribution in [0.3, 0.4) is 0 Å². The molecule has 0 atom stereocenters. The topological polar surface area (TPSA) is 157 Å². The Kier molecular flexibility index (Phi) is 7.14. The number of benzene rings is 2. The van der Waals surface area contributed by atoms with Crippen LogP contribution < -0.4 is 5.32 Å². The molecule has 2 aromatic carbocycles. The number of hydrogen-bond acceptors (Lipinski definition) is 9. The molecule has 174 valence electrons. The Hall–Kier alpha value is -2.91. The minimum absolute atomic E-state index is 0.0482. The van der Waals surface area contributed by atoms with Crippen LogP contribution in [0, 0.1) is 10.1 Å². The number of sulfone groups is 1. The first-order valence-corrected chi connectivity index (χ1v) is 13.0.